The van der Waals surface area contributed by atoms with Gasteiger partial charge in [0.05, 0.1) is 23.1 Å². The van der Waals surface area contributed by atoms with E-state index in [1.807, 2.05) is 6.07 Å². The Morgan fingerprint density at radius 3 is 2.62 bits per heavy atom. The summed E-state index contributed by atoms with van der Waals surface area (Å²) in [5.41, 5.74) is 2.85. The van der Waals surface area contributed by atoms with E-state index in [2.05, 4.69) is 49.4 Å². The third-order valence-corrected chi connectivity index (χ3v) is 5.50. The number of benzene rings is 1. The van der Waals surface area contributed by atoms with Crippen molar-refractivity contribution in [1.82, 2.24) is 29.9 Å². The van der Waals surface area contributed by atoms with Crippen LogP contribution in [0.15, 0.2) is 36.8 Å². The highest BCUT2D eigenvalue weighted by Gasteiger charge is 2.24. The number of amides is 1. The van der Waals surface area contributed by atoms with Gasteiger partial charge in [-0.15, -0.1) is 0 Å². The van der Waals surface area contributed by atoms with Gasteiger partial charge in [0.1, 0.15) is 16.9 Å². The van der Waals surface area contributed by atoms with E-state index in [1.54, 1.807) is 25.4 Å². The molecule has 0 aliphatic carbocycles. The van der Waals surface area contributed by atoms with Crippen molar-refractivity contribution < 1.29 is 9.18 Å². The van der Waals surface area contributed by atoms with Crippen LogP contribution in [-0.2, 0) is 0 Å². The molecular formula is C22H23FN8O. The number of hydrogen-bond donors (Lipinski definition) is 2. The molecule has 32 heavy (non-hydrogen) atoms. The molecule has 4 heterocycles. The Morgan fingerprint density at radius 1 is 1.16 bits per heavy atom. The first-order valence-electron chi connectivity index (χ1n) is 10.5. The second kappa shape index (κ2) is 7.79. The van der Waals surface area contributed by atoms with Crippen molar-refractivity contribution >= 4 is 34.0 Å². The molecule has 0 radical (unpaired) electrons. The highest BCUT2D eigenvalue weighted by molar-refractivity contribution is 6.13. The number of rotatable bonds is 3. The number of aryl methyl sites for hydroxylation is 1. The van der Waals surface area contributed by atoms with Gasteiger partial charge in [-0.25, -0.2) is 13.9 Å². The van der Waals surface area contributed by atoms with E-state index < -0.39 is 11.7 Å². The predicted octanol–water partition coefficient (Wildman–Crippen LogP) is 2.56. The number of anilines is 2. The van der Waals surface area contributed by atoms with Gasteiger partial charge >= 0.3 is 0 Å². The third-order valence-electron chi connectivity index (χ3n) is 5.50. The van der Waals surface area contributed by atoms with E-state index in [0.717, 1.165) is 18.8 Å². The Hall–Kier alpha value is -3.66. The second-order valence-corrected chi connectivity index (χ2v) is 8.22. The molecule has 5 rings (SSSR count). The summed E-state index contributed by atoms with van der Waals surface area (Å²) in [5, 5.41) is 10.4. The summed E-state index contributed by atoms with van der Waals surface area (Å²) in [4.78, 5) is 28.4. The zero-order chi connectivity index (χ0) is 22.4. The maximum Gasteiger partial charge on any atom is 0.257 e. The topological polar surface area (TPSA) is 100 Å². The average molecular weight is 434 g/mol. The van der Waals surface area contributed by atoms with Crippen molar-refractivity contribution in [3.8, 4) is 0 Å². The fourth-order valence-electron chi connectivity index (χ4n) is 4.32. The first-order valence-corrected chi connectivity index (χ1v) is 10.5. The average Bonchev–Trinajstić information content (AvgIpc) is 3.13. The minimum absolute atomic E-state index is 0.112. The number of nitrogens with one attached hydrogen (secondary N) is 2. The van der Waals surface area contributed by atoms with Crippen LogP contribution >= 0.6 is 0 Å². The normalized spacial score (nSPS) is 18.9. The molecule has 0 saturated carbocycles. The van der Waals surface area contributed by atoms with Crippen LogP contribution in [-0.4, -0.2) is 55.6 Å². The molecule has 1 saturated heterocycles. The first kappa shape index (κ1) is 20.3. The monoisotopic (exact) mass is 434 g/mol. The summed E-state index contributed by atoms with van der Waals surface area (Å²) in [6.07, 6.45) is 4.72. The molecule has 4 aromatic rings. The number of nitrogens with zero attached hydrogens (tertiary/aromatic N) is 6. The predicted molar refractivity (Wildman–Crippen MR) is 119 cm³/mol. The zero-order valence-electron chi connectivity index (χ0n) is 18.0. The Morgan fingerprint density at radius 2 is 1.88 bits per heavy atom. The molecule has 2 atom stereocenters. The van der Waals surface area contributed by atoms with Crippen molar-refractivity contribution in [3.63, 3.8) is 0 Å². The van der Waals surface area contributed by atoms with Crippen LogP contribution in [0, 0.1) is 12.7 Å². The quantitative estimate of drug-likeness (QED) is 0.511. The van der Waals surface area contributed by atoms with Crippen LogP contribution in [0.2, 0.25) is 0 Å². The van der Waals surface area contributed by atoms with E-state index in [-0.39, 0.29) is 11.3 Å². The molecule has 0 spiro atoms. The Balaban J connectivity index is 1.50. The van der Waals surface area contributed by atoms with E-state index in [9.17, 15) is 9.18 Å². The van der Waals surface area contributed by atoms with E-state index in [4.69, 9.17) is 0 Å². The summed E-state index contributed by atoms with van der Waals surface area (Å²) in [6.45, 7) is 7.63. The van der Waals surface area contributed by atoms with Gasteiger partial charge in [0.25, 0.3) is 5.91 Å². The van der Waals surface area contributed by atoms with Crippen molar-refractivity contribution in [2.75, 3.05) is 23.3 Å². The molecule has 1 aliphatic rings. The van der Waals surface area contributed by atoms with Crippen LogP contribution in [0.25, 0.3) is 16.7 Å². The van der Waals surface area contributed by atoms with Crippen molar-refractivity contribution in [1.29, 1.82) is 0 Å². The van der Waals surface area contributed by atoms with Gasteiger partial charge < -0.3 is 15.5 Å². The molecule has 164 valence electrons. The van der Waals surface area contributed by atoms with Crippen LogP contribution in [0.4, 0.5) is 15.8 Å². The Bertz CT molecular complexity index is 1330. The van der Waals surface area contributed by atoms with Crippen molar-refractivity contribution in [2.45, 2.75) is 32.9 Å². The SMILES string of the molecule is Cc1nc2c(F)cc(NC(=O)c3ccc(N4C[C@@H](C)N[C@H](C)C4)c4nccnc34)cn2n1. The maximum atomic E-state index is 14.4. The van der Waals surface area contributed by atoms with E-state index >= 15 is 0 Å². The zero-order valence-corrected chi connectivity index (χ0v) is 18.0. The molecule has 0 bridgehead atoms. The summed E-state index contributed by atoms with van der Waals surface area (Å²) in [6, 6.07) is 5.54. The van der Waals surface area contributed by atoms with Gasteiger partial charge in [0, 0.05) is 43.6 Å². The maximum absolute atomic E-state index is 14.4. The first-order chi connectivity index (χ1) is 15.4. The standard InChI is InChI=1S/C22H23FN8O/c1-12-9-30(10-13(2)26-12)18-5-4-16(19-20(18)25-7-6-24-19)22(32)28-15-8-17(23)21-27-14(3)29-31(21)11-15/h4-8,11-13,26H,9-10H2,1-3H3,(H,28,32)/t12-,13-/m1/s1. The van der Waals surface area contributed by atoms with Gasteiger partial charge in [-0.3, -0.25) is 14.8 Å². The summed E-state index contributed by atoms with van der Waals surface area (Å²) in [7, 11) is 0. The highest BCUT2D eigenvalue weighted by Crippen LogP contribution is 2.28. The largest absolute Gasteiger partial charge is 0.367 e. The number of carbonyl (C=O) groups is 1. The van der Waals surface area contributed by atoms with Crippen LogP contribution < -0.4 is 15.5 Å². The molecule has 0 unspecified atom stereocenters. The summed E-state index contributed by atoms with van der Waals surface area (Å²) >= 11 is 0. The molecule has 1 aliphatic heterocycles. The summed E-state index contributed by atoms with van der Waals surface area (Å²) < 4.78 is 15.7. The second-order valence-electron chi connectivity index (χ2n) is 8.22. The van der Waals surface area contributed by atoms with Crippen molar-refractivity contribution in [2.24, 2.45) is 0 Å². The minimum Gasteiger partial charge on any atom is -0.367 e. The molecule has 9 nitrogen and oxygen atoms in total. The Labute approximate surface area is 183 Å². The lowest BCUT2D eigenvalue weighted by Crippen LogP contribution is -2.54. The molecule has 10 heteroatoms. The molecule has 2 N–H and O–H groups in total. The van der Waals surface area contributed by atoms with Crippen LogP contribution in [0.5, 0.6) is 0 Å². The number of aromatic nitrogens is 5. The third kappa shape index (κ3) is 3.62. The summed E-state index contributed by atoms with van der Waals surface area (Å²) in [5.74, 6) is -0.522. The lowest BCUT2D eigenvalue weighted by atomic mass is 10.1. The van der Waals surface area contributed by atoms with Crippen LogP contribution in [0.1, 0.15) is 30.0 Å². The number of pyridine rings is 1. The van der Waals surface area contributed by atoms with Crippen molar-refractivity contribution in [3.05, 3.63) is 54.0 Å². The highest BCUT2D eigenvalue weighted by atomic mass is 19.1. The van der Waals surface area contributed by atoms with Gasteiger partial charge in [-0.05, 0) is 32.9 Å². The minimum atomic E-state index is -0.564. The van der Waals surface area contributed by atoms with Gasteiger partial charge in [-0.1, -0.05) is 0 Å². The Kier molecular flexibility index (Phi) is 4.93. The lowest BCUT2D eigenvalue weighted by Gasteiger charge is -2.38. The smallest absolute Gasteiger partial charge is 0.257 e. The molecule has 1 aromatic carbocycles. The number of hydrogen-bond acceptors (Lipinski definition) is 7. The number of fused-ring (bicyclic) bond motifs is 2. The van der Waals surface area contributed by atoms with Gasteiger partial charge in [0.2, 0.25) is 0 Å². The fourth-order valence-corrected chi connectivity index (χ4v) is 4.32. The number of piperazine rings is 1. The molecule has 1 fully saturated rings. The van der Waals surface area contributed by atoms with E-state index in [0.29, 0.717) is 34.5 Å². The lowest BCUT2D eigenvalue weighted by molar-refractivity contribution is 0.102. The molecule has 3 aromatic heterocycles. The van der Waals surface area contributed by atoms with Crippen LogP contribution in [0.3, 0.4) is 0 Å². The van der Waals surface area contributed by atoms with Gasteiger partial charge in [0.15, 0.2) is 11.5 Å². The number of carbonyl (C=O) groups excluding carboxylic acids is 1. The molecular weight excluding hydrogens is 411 g/mol. The number of halogens is 1. The fraction of sp³-hybridized carbons (Fsp3) is 0.318. The molecule has 1 amide bonds. The van der Waals surface area contributed by atoms with E-state index in [1.165, 1.54) is 16.8 Å². The van der Waals surface area contributed by atoms with Gasteiger partial charge in [-0.2, -0.15) is 5.10 Å².